The number of hydrogen-bond donors (Lipinski definition) is 0. The van der Waals surface area contributed by atoms with Gasteiger partial charge in [-0.05, 0) is 115 Å². The van der Waals surface area contributed by atoms with Crippen molar-refractivity contribution in [3.05, 3.63) is 69.8 Å². The Labute approximate surface area is 198 Å². The summed E-state index contributed by atoms with van der Waals surface area (Å²) in [6.07, 6.45) is 0. The fourth-order valence-electron chi connectivity index (χ4n) is 5.09. The second-order valence-electron chi connectivity index (χ2n) is 8.22. The van der Waals surface area contributed by atoms with Gasteiger partial charge >= 0.3 is 6.97 Å². The van der Waals surface area contributed by atoms with E-state index < -0.39 is 6.97 Å². The molecular weight excluding hydrogens is 595 g/mol. The van der Waals surface area contributed by atoms with Crippen LogP contribution in [0.3, 0.4) is 0 Å². The van der Waals surface area contributed by atoms with E-state index in [4.69, 9.17) is 0 Å². The fourth-order valence-corrected chi connectivity index (χ4v) is 6.12. The molecule has 1 aromatic carbocycles. The third kappa shape index (κ3) is 2.71. The number of halogens is 4. The number of benzene rings is 1. The molecule has 7 heteroatoms. The molecule has 0 bridgehead atoms. The molecule has 3 heterocycles. The van der Waals surface area contributed by atoms with E-state index in [-0.39, 0.29) is 0 Å². The van der Waals surface area contributed by atoms with E-state index in [0.717, 1.165) is 40.6 Å². The van der Waals surface area contributed by atoms with E-state index in [2.05, 4.69) is 78.1 Å². The molecular formula is C22H23BF2I2N2. The lowest BCUT2D eigenvalue weighted by molar-refractivity contribution is -0.363. The Morgan fingerprint density at radius 3 is 2.03 bits per heavy atom. The van der Waals surface area contributed by atoms with Crippen LogP contribution in [0.4, 0.5) is 8.63 Å². The highest BCUT2D eigenvalue weighted by atomic mass is 127. The van der Waals surface area contributed by atoms with Crippen molar-refractivity contribution < 1.29 is 13.1 Å². The minimum absolute atomic E-state index is 0.634. The molecule has 0 fully saturated rings. The molecule has 0 N–H and O–H groups in total. The van der Waals surface area contributed by atoms with Gasteiger partial charge in [0.25, 0.3) is 0 Å². The summed E-state index contributed by atoms with van der Waals surface area (Å²) in [5, 5.41) is 0. The predicted octanol–water partition coefficient (Wildman–Crippen LogP) is 6.83. The highest BCUT2D eigenvalue weighted by Crippen LogP contribution is 2.48. The number of rotatable bonds is 1. The van der Waals surface area contributed by atoms with E-state index in [1.165, 1.54) is 14.5 Å². The van der Waals surface area contributed by atoms with Crippen LogP contribution in [0.5, 0.6) is 0 Å². The van der Waals surface area contributed by atoms with Gasteiger partial charge in [0.15, 0.2) is 5.70 Å². The predicted molar refractivity (Wildman–Crippen MR) is 134 cm³/mol. The molecule has 29 heavy (non-hydrogen) atoms. The van der Waals surface area contributed by atoms with Gasteiger partial charge in [-0.15, -0.1) is 0 Å². The lowest BCUT2D eigenvalue weighted by atomic mass is 9.81. The molecule has 0 atom stereocenters. The van der Waals surface area contributed by atoms with Crippen LogP contribution in [0.1, 0.15) is 53.1 Å². The topological polar surface area (TPSA) is 7.94 Å². The summed E-state index contributed by atoms with van der Waals surface area (Å²) in [6.45, 7) is 9.83. The lowest BCUT2D eigenvalue weighted by Gasteiger charge is -2.34. The molecule has 0 amide bonds. The Morgan fingerprint density at radius 1 is 0.931 bits per heavy atom. The van der Waals surface area contributed by atoms with Crippen LogP contribution in [-0.4, -0.2) is 21.6 Å². The first-order valence-corrected chi connectivity index (χ1v) is 11.8. The minimum Gasteiger partial charge on any atom is -0.392 e. The van der Waals surface area contributed by atoms with Crippen LogP contribution in [-0.2, 0) is 0 Å². The zero-order chi connectivity index (χ0) is 21.6. The maximum Gasteiger partial charge on any atom is 0.737 e. The molecule has 0 aliphatic carbocycles. The highest BCUT2D eigenvalue weighted by Gasteiger charge is 2.57. The minimum atomic E-state index is -3.97. The Bertz CT molecular complexity index is 1190. The zero-order valence-corrected chi connectivity index (χ0v) is 22.0. The lowest BCUT2D eigenvalue weighted by Crippen LogP contribution is -2.51. The van der Waals surface area contributed by atoms with Crippen molar-refractivity contribution in [2.45, 2.75) is 48.5 Å². The summed E-state index contributed by atoms with van der Waals surface area (Å²) >= 11 is 4.42. The van der Waals surface area contributed by atoms with E-state index in [1.807, 2.05) is 27.7 Å². The number of aromatic nitrogens is 1. The first kappa shape index (κ1) is 21.3. The molecule has 0 radical (unpaired) electrons. The summed E-state index contributed by atoms with van der Waals surface area (Å²) < 4.78 is 36.5. The summed E-state index contributed by atoms with van der Waals surface area (Å²) in [5.74, 6) is 0. The van der Waals surface area contributed by atoms with Crippen molar-refractivity contribution in [1.29, 1.82) is 0 Å². The third-order valence-corrected chi connectivity index (χ3v) is 9.41. The quantitative estimate of drug-likeness (QED) is 0.245. The average Bonchev–Trinajstić information content (AvgIpc) is 2.98. The maximum absolute atomic E-state index is 16.0. The summed E-state index contributed by atoms with van der Waals surface area (Å²) in [6, 6.07) is 4.29. The summed E-state index contributed by atoms with van der Waals surface area (Å²) in [4.78, 5) is 0. The van der Waals surface area contributed by atoms with Crippen LogP contribution >= 0.6 is 45.2 Å². The number of aryl methyl sites for hydroxylation is 3. The molecule has 0 spiro atoms. The van der Waals surface area contributed by atoms with Gasteiger partial charge < -0.3 is 17.6 Å². The van der Waals surface area contributed by atoms with Gasteiger partial charge in [0.05, 0.1) is 9.15 Å². The smallest absolute Gasteiger partial charge is 0.392 e. The van der Waals surface area contributed by atoms with E-state index >= 15 is 8.63 Å². The van der Waals surface area contributed by atoms with Gasteiger partial charge in [-0.25, -0.2) is 0 Å². The van der Waals surface area contributed by atoms with Gasteiger partial charge in [0.2, 0.25) is 0 Å². The first-order valence-electron chi connectivity index (χ1n) is 9.63. The van der Waals surface area contributed by atoms with Crippen molar-refractivity contribution in [2.75, 3.05) is 0 Å². The standard InChI is InChI=1S/C22H23BF2I2N2/c1-10-8-11(2)17(12(3)9-10)18-21-13(4)19(26)15(6)28(21)23(24,25)29-16(7)20(27)14(5)22(18)29/h8-9H,1-7H3. The first-order chi connectivity index (χ1) is 13.4. The summed E-state index contributed by atoms with van der Waals surface area (Å²) in [5.41, 5.74) is 9.88. The Kier molecular flexibility index (Phi) is 4.96. The molecule has 4 rings (SSSR count). The van der Waals surface area contributed by atoms with Crippen molar-refractivity contribution in [3.8, 4) is 0 Å². The van der Waals surface area contributed by atoms with Crippen molar-refractivity contribution in [3.63, 3.8) is 0 Å². The molecule has 2 aliphatic heterocycles. The molecule has 2 nitrogen and oxygen atoms in total. The Hall–Kier alpha value is -0.965. The van der Waals surface area contributed by atoms with E-state index in [1.54, 1.807) is 0 Å². The number of hydrogen-bond acceptors (Lipinski definition) is 0. The fraction of sp³-hybridized carbons (Fsp3) is 0.318. The van der Waals surface area contributed by atoms with Crippen molar-refractivity contribution in [1.82, 2.24) is 4.48 Å². The summed E-state index contributed by atoms with van der Waals surface area (Å²) in [7, 11) is 0. The zero-order valence-electron chi connectivity index (χ0n) is 17.6. The van der Waals surface area contributed by atoms with Crippen molar-refractivity contribution >= 4 is 63.4 Å². The molecule has 2 aromatic rings. The number of nitrogens with zero attached hydrogens (tertiary/aromatic N) is 2. The van der Waals surface area contributed by atoms with Crippen molar-refractivity contribution in [2.24, 2.45) is 0 Å². The average molecular weight is 618 g/mol. The largest absolute Gasteiger partial charge is 0.737 e. The maximum atomic E-state index is 16.0. The molecule has 0 unspecified atom stereocenters. The second kappa shape index (κ2) is 6.77. The monoisotopic (exact) mass is 618 g/mol. The van der Waals surface area contributed by atoms with Crippen LogP contribution < -0.4 is 0 Å². The Morgan fingerprint density at radius 2 is 1.48 bits per heavy atom. The van der Waals surface area contributed by atoms with Gasteiger partial charge in [-0.1, -0.05) is 17.7 Å². The van der Waals surface area contributed by atoms with Gasteiger partial charge in [-0.2, -0.15) is 0 Å². The number of fused-ring (bicyclic) bond motifs is 2. The van der Waals surface area contributed by atoms with Gasteiger partial charge in [-0.3, -0.25) is 0 Å². The third-order valence-electron chi connectivity index (χ3n) is 6.23. The molecule has 0 saturated heterocycles. The second-order valence-corrected chi connectivity index (χ2v) is 10.4. The van der Waals surface area contributed by atoms with Gasteiger partial charge in [0.1, 0.15) is 5.71 Å². The molecule has 0 saturated carbocycles. The molecule has 1 aromatic heterocycles. The molecule has 2 aliphatic rings. The van der Waals surface area contributed by atoms with Crippen LogP contribution in [0, 0.1) is 38.2 Å². The van der Waals surface area contributed by atoms with E-state index in [9.17, 15) is 0 Å². The normalized spacial score (nSPS) is 18.0. The van der Waals surface area contributed by atoms with Crippen LogP contribution in [0.2, 0.25) is 0 Å². The van der Waals surface area contributed by atoms with Crippen LogP contribution in [0.15, 0.2) is 27.0 Å². The number of allylic oxidation sites excluding steroid dienone is 2. The van der Waals surface area contributed by atoms with Gasteiger partial charge in [0, 0.05) is 21.8 Å². The molecule has 152 valence electrons. The van der Waals surface area contributed by atoms with E-state index in [0.29, 0.717) is 22.8 Å². The Balaban J connectivity index is 2.29. The highest BCUT2D eigenvalue weighted by molar-refractivity contribution is 14.1. The van der Waals surface area contributed by atoms with Crippen LogP contribution in [0.25, 0.3) is 5.57 Å². The SMILES string of the molecule is CC1=C(I)C(C)=[N+]2C1=C(c1c(C)cc(C)cc1C)c1c(C)c(I)c(C)n1[B-]2(F)F.